The van der Waals surface area contributed by atoms with Crippen LogP contribution in [0.5, 0.6) is 0 Å². The average molecular weight is 481 g/mol. The Hall–Kier alpha value is -3.11. The third-order valence-electron chi connectivity index (χ3n) is 6.20. The fraction of sp³-hybridized carbons (Fsp3) is 0.478. The van der Waals surface area contributed by atoms with Gasteiger partial charge in [0.25, 0.3) is 12.0 Å². The van der Waals surface area contributed by atoms with Crippen LogP contribution in [0, 0.1) is 0 Å². The van der Waals surface area contributed by atoms with Crippen LogP contribution in [0.25, 0.3) is 11.3 Å². The van der Waals surface area contributed by atoms with Gasteiger partial charge in [-0.15, -0.1) is 0 Å². The van der Waals surface area contributed by atoms with Gasteiger partial charge >= 0.3 is 6.18 Å². The molecule has 0 radical (unpaired) electrons. The smallest absolute Gasteiger partial charge is 0.267 e. The molecular weight excluding hydrogens is 457 g/mol. The normalized spacial score (nSPS) is 15.3. The Kier molecular flexibility index (Phi) is 6.81. The van der Waals surface area contributed by atoms with E-state index in [4.69, 9.17) is 0 Å². The van der Waals surface area contributed by atoms with E-state index >= 15 is 0 Å². The second kappa shape index (κ2) is 9.63. The summed E-state index contributed by atoms with van der Waals surface area (Å²) >= 11 is 0. The zero-order chi connectivity index (χ0) is 24.5. The summed E-state index contributed by atoms with van der Waals surface area (Å²) in [6.45, 7) is 1.34. The molecular formula is C23H24F5N5O. The molecule has 34 heavy (non-hydrogen) atoms. The molecule has 0 aliphatic heterocycles. The van der Waals surface area contributed by atoms with E-state index in [0.717, 1.165) is 47.5 Å². The standard InChI is InChI=1S/C23H24F5N5O/c1-2-32-20(21(24)25)16(12-30-32)18-11-15(14-7-4-3-5-8-14)22(34)33(31-18)13-19-17(23(26,27)28)9-6-10-29-19/h6,9-12,14,21H,2-5,7-8,13H2,1H3. The molecule has 1 saturated carbocycles. The van der Waals surface area contributed by atoms with Crippen molar-refractivity contribution in [1.29, 1.82) is 0 Å². The number of rotatable bonds is 6. The van der Waals surface area contributed by atoms with E-state index in [1.807, 2.05) is 0 Å². The molecule has 1 aliphatic rings. The fourth-order valence-electron chi connectivity index (χ4n) is 4.55. The van der Waals surface area contributed by atoms with Crippen LogP contribution in [0.15, 0.2) is 35.4 Å². The molecule has 4 rings (SSSR count). The third-order valence-corrected chi connectivity index (χ3v) is 6.20. The van der Waals surface area contributed by atoms with Gasteiger partial charge in [-0.05, 0) is 43.9 Å². The first-order valence-corrected chi connectivity index (χ1v) is 11.2. The quantitative estimate of drug-likeness (QED) is 0.432. The Balaban J connectivity index is 1.88. The van der Waals surface area contributed by atoms with Crippen LogP contribution in [0.2, 0.25) is 0 Å². The van der Waals surface area contributed by atoms with Gasteiger partial charge in [-0.2, -0.15) is 23.4 Å². The highest BCUT2D eigenvalue weighted by atomic mass is 19.4. The minimum atomic E-state index is -4.66. The zero-order valence-electron chi connectivity index (χ0n) is 18.5. The van der Waals surface area contributed by atoms with Crippen molar-refractivity contribution >= 4 is 0 Å². The molecule has 3 aromatic heterocycles. The molecule has 0 saturated heterocycles. The van der Waals surface area contributed by atoms with E-state index < -0.39 is 30.3 Å². The van der Waals surface area contributed by atoms with Gasteiger partial charge in [0.1, 0.15) is 5.69 Å². The van der Waals surface area contributed by atoms with Crippen LogP contribution in [0.1, 0.15) is 73.9 Å². The second-order valence-electron chi connectivity index (χ2n) is 8.34. The number of nitrogens with zero attached hydrogens (tertiary/aromatic N) is 5. The minimum Gasteiger partial charge on any atom is -0.267 e. The summed E-state index contributed by atoms with van der Waals surface area (Å²) in [7, 11) is 0. The lowest BCUT2D eigenvalue weighted by atomic mass is 9.84. The van der Waals surface area contributed by atoms with Gasteiger partial charge in [-0.3, -0.25) is 14.5 Å². The van der Waals surface area contributed by atoms with Crippen LogP contribution in [0.4, 0.5) is 22.0 Å². The van der Waals surface area contributed by atoms with Gasteiger partial charge in [-0.1, -0.05) is 19.3 Å². The van der Waals surface area contributed by atoms with Crippen molar-refractivity contribution < 1.29 is 22.0 Å². The lowest BCUT2D eigenvalue weighted by molar-refractivity contribution is -0.138. The Morgan fingerprint density at radius 1 is 1.15 bits per heavy atom. The zero-order valence-corrected chi connectivity index (χ0v) is 18.5. The summed E-state index contributed by atoms with van der Waals surface area (Å²) in [4.78, 5) is 17.2. The van der Waals surface area contributed by atoms with Crippen molar-refractivity contribution in [2.24, 2.45) is 0 Å². The molecule has 0 atom stereocenters. The van der Waals surface area contributed by atoms with Crippen molar-refractivity contribution in [3.63, 3.8) is 0 Å². The predicted octanol–water partition coefficient (Wildman–Crippen LogP) is 5.57. The van der Waals surface area contributed by atoms with E-state index in [-0.39, 0.29) is 35.1 Å². The van der Waals surface area contributed by atoms with Crippen molar-refractivity contribution in [1.82, 2.24) is 24.5 Å². The van der Waals surface area contributed by atoms with Gasteiger partial charge in [-0.25, -0.2) is 13.5 Å². The van der Waals surface area contributed by atoms with E-state index in [2.05, 4.69) is 15.2 Å². The number of hydrogen-bond acceptors (Lipinski definition) is 4. The summed E-state index contributed by atoms with van der Waals surface area (Å²) in [6, 6.07) is 3.56. The summed E-state index contributed by atoms with van der Waals surface area (Å²) in [5.74, 6) is -0.115. The summed E-state index contributed by atoms with van der Waals surface area (Å²) < 4.78 is 70.3. The van der Waals surface area contributed by atoms with Crippen LogP contribution in [0.3, 0.4) is 0 Å². The Morgan fingerprint density at radius 2 is 1.88 bits per heavy atom. The Morgan fingerprint density at radius 3 is 2.53 bits per heavy atom. The molecule has 0 aromatic carbocycles. The van der Waals surface area contributed by atoms with E-state index in [0.29, 0.717) is 5.56 Å². The maximum atomic E-state index is 13.9. The molecule has 0 amide bonds. The molecule has 0 unspecified atom stereocenters. The number of alkyl halides is 5. The second-order valence-corrected chi connectivity index (χ2v) is 8.34. The fourth-order valence-corrected chi connectivity index (χ4v) is 4.55. The largest absolute Gasteiger partial charge is 0.418 e. The number of hydrogen-bond donors (Lipinski definition) is 0. The van der Waals surface area contributed by atoms with Crippen LogP contribution < -0.4 is 5.56 Å². The maximum Gasteiger partial charge on any atom is 0.418 e. The highest BCUT2D eigenvalue weighted by Crippen LogP contribution is 2.35. The Bertz CT molecular complexity index is 1210. The molecule has 3 aromatic rings. The highest BCUT2D eigenvalue weighted by Gasteiger charge is 2.34. The maximum absolute atomic E-state index is 13.9. The number of aromatic nitrogens is 5. The SMILES string of the molecule is CCn1ncc(-c2cc(C3CCCCC3)c(=O)n(Cc3ncccc3C(F)(F)F)n2)c1C(F)F. The molecule has 182 valence electrons. The van der Waals surface area contributed by atoms with Crippen molar-refractivity contribution in [2.45, 2.75) is 70.6 Å². The molecule has 0 bridgehead atoms. The highest BCUT2D eigenvalue weighted by molar-refractivity contribution is 5.62. The van der Waals surface area contributed by atoms with Crippen molar-refractivity contribution in [2.75, 3.05) is 0 Å². The van der Waals surface area contributed by atoms with E-state index in [1.54, 1.807) is 6.92 Å². The molecule has 1 fully saturated rings. The molecule has 1 aliphatic carbocycles. The molecule has 0 spiro atoms. The summed E-state index contributed by atoms with van der Waals surface area (Å²) in [5.41, 5.74) is -1.70. The molecule has 0 N–H and O–H groups in total. The van der Waals surface area contributed by atoms with Gasteiger partial charge in [0, 0.05) is 23.9 Å². The Labute approximate surface area is 192 Å². The summed E-state index contributed by atoms with van der Waals surface area (Å²) in [6.07, 6.45) is -0.696. The molecule has 6 nitrogen and oxygen atoms in total. The first-order chi connectivity index (χ1) is 16.2. The third kappa shape index (κ3) is 4.74. The average Bonchev–Trinajstić information content (AvgIpc) is 3.25. The number of aryl methyl sites for hydroxylation is 1. The molecule has 11 heteroatoms. The van der Waals surface area contributed by atoms with Crippen LogP contribution in [-0.4, -0.2) is 24.5 Å². The summed E-state index contributed by atoms with van der Waals surface area (Å²) in [5, 5.41) is 8.22. The number of halogens is 5. The monoisotopic (exact) mass is 481 g/mol. The van der Waals surface area contributed by atoms with Crippen LogP contribution in [-0.2, 0) is 19.3 Å². The van der Waals surface area contributed by atoms with Crippen molar-refractivity contribution in [3.05, 3.63) is 63.5 Å². The number of pyridine rings is 1. The molecule has 3 heterocycles. The van der Waals surface area contributed by atoms with Gasteiger partial charge in [0.05, 0.1) is 29.7 Å². The van der Waals surface area contributed by atoms with E-state index in [9.17, 15) is 26.7 Å². The van der Waals surface area contributed by atoms with Crippen LogP contribution >= 0.6 is 0 Å². The van der Waals surface area contributed by atoms with Crippen molar-refractivity contribution in [3.8, 4) is 11.3 Å². The van der Waals surface area contributed by atoms with Gasteiger partial charge in [0.2, 0.25) is 0 Å². The first kappa shape index (κ1) is 24.0. The first-order valence-electron chi connectivity index (χ1n) is 11.2. The lowest BCUT2D eigenvalue weighted by Gasteiger charge is -2.22. The lowest BCUT2D eigenvalue weighted by Crippen LogP contribution is -2.30. The predicted molar refractivity (Wildman–Crippen MR) is 115 cm³/mol. The van der Waals surface area contributed by atoms with E-state index in [1.165, 1.54) is 24.5 Å². The topological polar surface area (TPSA) is 65.6 Å². The van der Waals surface area contributed by atoms with Gasteiger partial charge in [0.15, 0.2) is 0 Å². The minimum absolute atomic E-state index is 0.0553. The van der Waals surface area contributed by atoms with Gasteiger partial charge < -0.3 is 0 Å².